The van der Waals surface area contributed by atoms with Crippen molar-refractivity contribution in [1.29, 1.82) is 0 Å². The van der Waals surface area contributed by atoms with E-state index in [1.54, 1.807) is 0 Å². The van der Waals surface area contributed by atoms with E-state index in [2.05, 4.69) is 10.5 Å². The van der Waals surface area contributed by atoms with E-state index in [4.69, 9.17) is 0 Å². The van der Waals surface area contributed by atoms with Gasteiger partial charge in [-0.3, -0.25) is 4.79 Å². The summed E-state index contributed by atoms with van der Waals surface area (Å²) in [5, 5.41) is 0. The zero-order valence-corrected chi connectivity index (χ0v) is 6.11. The Balaban J connectivity index is 4.75. The van der Waals surface area contributed by atoms with Gasteiger partial charge in [0.25, 0.3) is 5.91 Å². The van der Waals surface area contributed by atoms with Crippen molar-refractivity contribution in [1.82, 2.24) is 0 Å². The third-order valence-corrected chi connectivity index (χ3v) is 1.02. The molecule has 0 aliphatic rings. The SMILES string of the molecule is CCO[C@@](F)(C(N)=O)C(F)(F)F. The van der Waals surface area contributed by atoms with Gasteiger partial charge in [-0.25, -0.2) is 0 Å². The summed E-state index contributed by atoms with van der Waals surface area (Å²) >= 11 is 0. The quantitative estimate of drug-likeness (QED) is 0.665. The van der Waals surface area contributed by atoms with Gasteiger partial charge in [-0.05, 0) is 6.92 Å². The Bertz CT molecular complexity index is 181. The Morgan fingerprint density at radius 1 is 1.42 bits per heavy atom. The van der Waals surface area contributed by atoms with Gasteiger partial charge in [0.05, 0.1) is 0 Å². The maximum Gasteiger partial charge on any atom is 0.458 e. The molecule has 72 valence electrons. The molecule has 0 aliphatic carbocycles. The lowest BCUT2D eigenvalue weighted by Crippen LogP contribution is -2.53. The lowest BCUT2D eigenvalue weighted by Gasteiger charge is -2.23. The second kappa shape index (κ2) is 3.26. The average Bonchev–Trinajstić information content (AvgIpc) is 1.85. The van der Waals surface area contributed by atoms with E-state index >= 15 is 0 Å². The fourth-order valence-electron chi connectivity index (χ4n) is 0.492. The molecule has 0 aliphatic heterocycles. The van der Waals surface area contributed by atoms with Gasteiger partial charge in [0, 0.05) is 6.61 Å². The average molecular weight is 189 g/mol. The van der Waals surface area contributed by atoms with Crippen molar-refractivity contribution in [2.24, 2.45) is 5.73 Å². The van der Waals surface area contributed by atoms with Crippen LogP contribution in [-0.4, -0.2) is 24.5 Å². The molecule has 3 nitrogen and oxygen atoms in total. The zero-order chi connectivity index (χ0) is 9.99. The van der Waals surface area contributed by atoms with Crippen molar-refractivity contribution in [2.45, 2.75) is 19.0 Å². The van der Waals surface area contributed by atoms with E-state index in [0.717, 1.165) is 6.92 Å². The van der Waals surface area contributed by atoms with E-state index in [1.165, 1.54) is 0 Å². The van der Waals surface area contributed by atoms with Crippen molar-refractivity contribution >= 4 is 5.91 Å². The molecule has 0 rings (SSSR count). The lowest BCUT2D eigenvalue weighted by molar-refractivity contribution is -0.312. The van der Waals surface area contributed by atoms with E-state index in [1.807, 2.05) is 0 Å². The molecule has 12 heavy (non-hydrogen) atoms. The van der Waals surface area contributed by atoms with Crippen LogP contribution in [0.5, 0.6) is 0 Å². The fourth-order valence-corrected chi connectivity index (χ4v) is 0.492. The predicted octanol–water partition coefficient (Wildman–Crippen LogP) is 0.736. The third-order valence-electron chi connectivity index (χ3n) is 1.02. The van der Waals surface area contributed by atoms with Crippen molar-refractivity contribution in [2.75, 3.05) is 6.61 Å². The molecule has 0 aromatic rings. The van der Waals surface area contributed by atoms with Crippen LogP contribution in [0.4, 0.5) is 17.6 Å². The van der Waals surface area contributed by atoms with Crippen LogP contribution in [0.2, 0.25) is 0 Å². The summed E-state index contributed by atoms with van der Waals surface area (Å²) in [5.74, 6) is -6.57. The van der Waals surface area contributed by atoms with Crippen molar-refractivity contribution < 1.29 is 27.1 Å². The van der Waals surface area contributed by atoms with Gasteiger partial charge < -0.3 is 10.5 Å². The maximum absolute atomic E-state index is 12.6. The molecule has 0 fully saturated rings. The first-order valence-electron chi connectivity index (χ1n) is 2.95. The summed E-state index contributed by atoms with van der Waals surface area (Å²) in [6.45, 7) is 0.516. The van der Waals surface area contributed by atoms with Crippen LogP contribution in [0.3, 0.4) is 0 Å². The molecule has 0 saturated carbocycles. The van der Waals surface area contributed by atoms with Gasteiger partial charge in [0.1, 0.15) is 0 Å². The van der Waals surface area contributed by atoms with Gasteiger partial charge in [-0.15, -0.1) is 0 Å². The Morgan fingerprint density at radius 2 is 1.83 bits per heavy atom. The molecule has 0 unspecified atom stereocenters. The van der Waals surface area contributed by atoms with E-state index in [-0.39, 0.29) is 0 Å². The minimum Gasteiger partial charge on any atom is -0.364 e. The smallest absolute Gasteiger partial charge is 0.364 e. The highest BCUT2D eigenvalue weighted by molar-refractivity contribution is 5.82. The molecule has 2 N–H and O–H groups in total. The van der Waals surface area contributed by atoms with Gasteiger partial charge in [0.15, 0.2) is 0 Å². The number of carbonyl (C=O) groups is 1. The maximum atomic E-state index is 12.6. The summed E-state index contributed by atoms with van der Waals surface area (Å²) in [5.41, 5.74) is 4.18. The van der Waals surface area contributed by atoms with E-state index in [0.29, 0.717) is 0 Å². The number of ether oxygens (including phenoxy) is 1. The predicted molar refractivity (Wildman–Crippen MR) is 30.7 cm³/mol. The summed E-state index contributed by atoms with van der Waals surface area (Å²) in [6, 6.07) is 0. The Morgan fingerprint density at radius 3 is 1.92 bits per heavy atom. The monoisotopic (exact) mass is 189 g/mol. The third kappa shape index (κ3) is 1.84. The van der Waals surface area contributed by atoms with Crippen LogP contribution >= 0.6 is 0 Å². The van der Waals surface area contributed by atoms with Crippen LogP contribution in [0, 0.1) is 0 Å². The molecule has 0 heterocycles. The first-order valence-corrected chi connectivity index (χ1v) is 2.95. The summed E-state index contributed by atoms with van der Waals surface area (Å²) < 4.78 is 51.4. The number of carbonyl (C=O) groups excluding carboxylic acids is 1. The van der Waals surface area contributed by atoms with E-state index in [9.17, 15) is 22.4 Å². The molecule has 1 atom stereocenters. The Labute approximate surface area is 65.5 Å². The van der Waals surface area contributed by atoms with Crippen molar-refractivity contribution in [3.05, 3.63) is 0 Å². The molecular formula is C5H7F4NO2. The number of primary amides is 1. The molecule has 7 heteroatoms. The normalized spacial score (nSPS) is 17.1. The number of nitrogens with two attached hydrogens (primary N) is 1. The topological polar surface area (TPSA) is 52.3 Å². The highest BCUT2D eigenvalue weighted by Crippen LogP contribution is 2.34. The van der Waals surface area contributed by atoms with Gasteiger partial charge in [0.2, 0.25) is 0 Å². The Kier molecular flexibility index (Phi) is 3.03. The highest BCUT2D eigenvalue weighted by Gasteiger charge is 2.62. The molecular weight excluding hydrogens is 182 g/mol. The molecule has 0 aromatic carbocycles. The molecule has 1 amide bonds. The number of alkyl halides is 4. The summed E-state index contributed by atoms with van der Waals surface area (Å²) in [7, 11) is 0. The molecule has 0 spiro atoms. The number of hydrogen-bond acceptors (Lipinski definition) is 2. The first kappa shape index (κ1) is 11.2. The first-order chi connectivity index (χ1) is 5.25. The van der Waals surface area contributed by atoms with Crippen LogP contribution in [0.1, 0.15) is 6.92 Å². The lowest BCUT2D eigenvalue weighted by atomic mass is 10.3. The van der Waals surface area contributed by atoms with Gasteiger partial charge in [-0.2, -0.15) is 17.6 Å². The molecule has 0 bridgehead atoms. The second-order valence-electron chi connectivity index (χ2n) is 1.89. The number of amides is 1. The minimum absolute atomic E-state index is 0.598. The summed E-state index contributed by atoms with van der Waals surface area (Å²) in [6.07, 6.45) is -5.44. The highest BCUT2D eigenvalue weighted by atomic mass is 19.4. The minimum atomic E-state index is -5.44. The number of rotatable bonds is 3. The van der Waals surface area contributed by atoms with Crippen molar-refractivity contribution in [3.63, 3.8) is 0 Å². The van der Waals surface area contributed by atoms with Crippen molar-refractivity contribution in [3.8, 4) is 0 Å². The van der Waals surface area contributed by atoms with Crippen LogP contribution in [0.25, 0.3) is 0 Å². The van der Waals surface area contributed by atoms with Crippen LogP contribution < -0.4 is 5.73 Å². The van der Waals surface area contributed by atoms with Gasteiger partial charge >= 0.3 is 12.0 Å². The van der Waals surface area contributed by atoms with Crippen LogP contribution in [0.15, 0.2) is 0 Å². The number of halogens is 4. The standard InChI is InChI=1S/C5H7F4NO2/c1-2-12-4(6,3(10)11)5(7,8)9/h2H2,1H3,(H2,10,11)/t4-/m0/s1. The summed E-state index contributed by atoms with van der Waals surface area (Å²) in [4.78, 5) is 10.1. The molecule has 0 saturated heterocycles. The fraction of sp³-hybridized carbons (Fsp3) is 0.800. The molecule has 0 radical (unpaired) electrons. The zero-order valence-electron chi connectivity index (χ0n) is 6.11. The second-order valence-corrected chi connectivity index (χ2v) is 1.89. The largest absolute Gasteiger partial charge is 0.458 e. The number of hydrogen-bond donors (Lipinski definition) is 1. The Hall–Kier alpha value is -0.850. The van der Waals surface area contributed by atoms with Gasteiger partial charge in [-0.1, -0.05) is 0 Å². The van der Waals surface area contributed by atoms with Crippen LogP contribution in [-0.2, 0) is 9.53 Å². The molecule has 0 aromatic heterocycles. The van der Waals surface area contributed by atoms with E-state index < -0.39 is 24.5 Å².